The van der Waals surface area contributed by atoms with Crippen molar-refractivity contribution in [1.82, 2.24) is 9.97 Å². The highest BCUT2D eigenvalue weighted by Crippen LogP contribution is 2.63. The molecule has 4 heteroatoms. The standard InChI is InChI=1S/C28H34N4/c1-7-27(5)21-16-12-13-17-23(21)32-24-25(30-22(18-29-24)19(3)4)31(20-14-10-9-11-15-20)26(32)28(27,6)8-2/h9-19,26H,7-8H2,1-6H3. The molecular weight excluding hydrogens is 392 g/mol. The van der Waals surface area contributed by atoms with E-state index in [4.69, 9.17) is 9.97 Å². The summed E-state index contributed by atoms with van der Waals surface area (Å²) >= 11 is 0. The first-order valence-corrected chi connectivity index (χ1v) is 12.0. The largest absolute Gasteiger partial charge is 0.301 e. The number of benzene rings is 2. The van der Waals surface area contributed by atoms with Gasteiger partial charge in [0.15, 0.2) is 11.6 Å². The molecule has 3 unspecified atom stereocenters. The molecule has 1 aromatic heterocycles. The fraction of sp³-hybridized carbons (Fsp3) is 0.429. The minimum atomic E-state index is -0.0215. The molecule has 166 valence electrons. The summed E-state index contributed by atoms with van der Waals surface area (Å²) in [5.41, 5.74) is 4.89. The van der Waals surface area contributed by atoms with Crippen molar-refractivity contribution >= 4 is 23.0 Å². The van der Waals surface area contributed by atoms with Crippen molar-refractivity contribution in [2.45, 2.75) is 71.9 Å². The van der Waals surface area contributed by atoms with Crippen LogP contribution in [0.2, 0.25) is 0 Å². The van der Waals surface area contributed by atoms with Gasteiger partial charge in [-0.05, 0) is 42.5 Å². The molecule has 0 aliphatic carbocycles. The average molecular weight is 427 g/mol. The molecule has 0 fully saturated rings. The summed E-state index contributed by atoms with van der Waals surface area (Å²) in [5.74, 6) is 2.27. The maximum atomic E-state index is 5.20. The number of hydrogen-bond acceptors (Lipinski definition) is 4. The van der Waals surface area contributed by atoms with E-state index >= 15 is 0 Å². The van der Waals surface area contributed by atoms with E-state index in [0.717, 1.165) is 30.2 Å². The number of fused-ring (bicyclic) bond motifs is 5. The first-order chi connectivity index (χ1) is 15.4. The second kappa shape index (κ2) is 7.33. The van der Waals surface area contributed by atoms with Crippen LogP contribution in [-0.2, 0) is 5.41 Å². The predicted molar refractivity (Wildman–Crippen MR) is 133 cm³/mol. The van der Waals surface area contributed by atoms with Crippen LogP contribution in [0, 0.1) is 5.41 Å². The minimum absolute atomic E-state index is 0.0215. The van der Waals surface area contributed by atoms with Crippen molar-refractivity contribution in [3.05, 3.63) is 72.1 Å². The normalized spacial score (nSPS) is 26.2. The van der Waals surface area contributed by atoms with Gasteiger partial charge in [-0.15, -0.1) is 0 Å². The van der Waals surface area contributed by atoms with E-state index in [9.17, 15) is 0 Å². The molecule has 4 nitrogen and oxygen atoms in total. The van der Waals surface area contributed by atoms with Crippen LogP contribution in [0.5, 0.6) is 0 Å². The highest BCUT2D eigenvalue weighted by molar-refractivity contribution is 5.86. The summed E-state index contributed by atoms with van der Waals surface area (Å²) in [6, 6.07) is 19.7. The van der Waals surface area contributed by atoms with Gasteiger partial charge in [0.05, 0.1) is 11.9 Å². The molecule has 0 spiro atoms. The lowest BCUT2D eigenvalue weighted by molar-refractivity contribution is 0.0963. The van der Waals surface area contributed by atoms with Gasteiger partial charge in [0.1, 0.15) is 6.17 Å². The zero-order valence-corrected chi connectivity index (χ0v) is 20.1. The van der Waals surface area contributed by atoms with Crippen LogP contribution in [-0.4, -0.2) is 16.1 Å². The van der Waals surface area contributed by atoms with Crippen molar-refractivity contribution in [3.8, 4) is 0 Å². The van der Waals surface area contributed by atoms with Crippen LogP contribution in [0.15, 0.2) is 60.8 Å². The molecule has 0 N–H and O–H groups in total. The van der Waals surface area contributed by atoms with Crippen molar-refractivity contribution in [2.75, 3.05) is 9.80 Å². The lowest BCUT2D eigenvalue weighted by Gasteiger charge is -2.58. The summed E-state index contributed by atoms with van der Waals surface area (Å²) in [6.45, 7) is 14.0. The molecule has 5 rings (SSSR count). The molecule has 2 aromatic carbocycles. The van der Waals surface area contributed by atoms with Crippen molar-refractivity contribution in [1.29, 1.82) is 0 Å². The van der Waals surface area contributed by atoms with E-state index in [1.54, 1.807) is 0 Å². The molecule has 2 aliphatic heterocycles. The molecule has 32 heavy (non-hydrogen) atoms. The van der Waals surface area contributed by atoms with Gasteiger partial charge in [0.25, 0.3) is 0 Å². The monoisotopic (exact) mass is 426 g/mol. The molecule has 3 aromatic rings. The van der Waals surface area contributed by atoms with Gasteiger partial charge in [0.2, 0.25) is 0 Å². The summed E-state index contributed by atoms with van der Waals surface area (Å²) < 4.78 is 0. The first-order valence-electron chi connectivity index (χ1n) is 12.0. The van der Waals surface area contributed by atoms with Crippen LogP contribution in [0.1, 0.15) is 71.6 Å². The SMILES string of the molecule is CCC1(C)c2ccccc2N2c3ncc(C(C)C)nc3N(c3ccccc3)C2C1(C)CC. The molecule has 0 saturated carbocycles. The van der Waals surface area contributed by atoms with Crippen LogP contribution < -0.4 is 9.80 Å². The van der Waals surface area contributed by atoms with Gasteiger partial charge in [-0.25, -0.2) is 9.97 Å². The Balaban J connectivity index is 1.86. The van der Waals surface area contributed by atoms with Crippen LogP contribution in [0.4, 0.5) is 23.0 Å². The molecule has 3 atom stereocenters. The summed E-state index contributed by atoms with van der Waals surface area (Å²) in [6.07, 6.45) is 4.21. The zero-order valence-electron chi connectivity index (χ0n) is 20.1. The van der Waals surface area contributed by atoms with Crippen molar-refractivity contribution in [2.24, 2.45) is 5.41 Å². The third kappa shape index (κ3) is 2.61. The maximum Gasteiger partial charge on any atom is 0.178 e. The van der Waals surface area contributed by atoms with E-state index < -0.39 is 0 Å². The first kappa shape index (κ1) is 21.0. The third-order valence-corrected chi connectivity index (χ3v) is 8.36. The molecule has 0 saturated heterocycles. The number of nitrogens with zero attached hydrogens (tertiary/aromatic N) is 4. The highest BCUT2D eigenvalue weighted by Gasteiger charge is 2.61. The number of hydrogen-bond donors (Lipinski definition) is 0. The Bertz CT molecular complexity index is 1140. The van der Waals surface area contributed by atoms with Gasteiger partial charge in [-0.3, -0.25) is 0 Å². The van der Waals surface area contributed by atoms with E-state index in [1.165, 1.54) is 16.9 Å². The third-order valence-electron chi connectivity index (χ3n) is 8.36. The fourth-order valence-corrected chi connectivity index (χ4v) is 5.92. The second-order valence-electron chi connectivity index (χ2n) is 10.0. The Labute approximate surface area is 192 Å². The Morgan fingerprint density at radius 3 is 2.22 bits per heavy atom. The maximum absolute atomic E-state index is 5.20. The van der Waals surface area contributed by atoms with E-state index in [1.807, 2.05) is 6.20 Å². The van der Waals surface area contributed by atoms with Gasteiger partial charge in [-0.2, -0.15) is 0 Å². The fourth-order valence-electron chi connectivity index (χ4n) is 5.92. The number of aromatic nitrogens is 2. The molecule has 3 heterocycles. The van der Waals surface area contributed by atoms with E-state index in [2.05, 4.69) is 106 Å². The quantitative estimate of drug-likeness (QED) is 0.438. The highest BCUT2D eigenvalue weighted by atomic mass is 15.5. The van der Waals surface area contributed by atoms with E-state index in [0.29, 0.717) is 5.92 Å². The van der Waals surface area contributed by atoms with Crippen LogP contribution in [0.3, 0.4) is 0 Å². The Hall–Kier alpha value is -2.88. The molecule has 0 radical (unpaired) electrons. The molecule has 0 bridgehead atoms. The van der Waals surface area contributed by atoms with Crippen LogP contribution >= 0.6 is 0 Å². The minimum Gasteiger partial charge on any atom is -0.301 e. The number of para-hydroxylation sites is 2. The smallest absolute Gasteiger partial charge is 0.178 e. The van der Waals surface area contributed by atoms with E-state index in [-0.39, 0.29) is 17.0 Å². The zero-order chi connectivity index (χ0) is 22.7. The van der Waals surface area contributed by atoms with Crippen LogP contribution in [0.25, 0.3) is 0 Å². The van der Waals surface area contributed by atoms with Gasteiger partial charge in [-0.1, -0.05) is 77.9 Å². The van der Waals surface area contributed by atoms with Crippen molar-refractivity contribution < 1.29 is 0 Å². The second-order valence-corrected chi connectivity index (χ2v) is 10.0. The number of rotatable bonds is 4. The Morgan fingerprint density at radius 1 is 0.875 bits per heavy atom. The number of anilines is 4. The predicted octanol–water partition coefficient (Wildman–Crippen LogP) is 7.31. The molecule has 0 amide bonds. The molecular formula is C28H34N4. The van der Waals surface area contributed by atoms with Gasteiger partial charge >= 0.3 is 0 Å². The lowest BCUT2D eigenvalue weighted by atomic mass is 9.55. The summed E-state index contributed by atoms with van der Waals surface area (Å²) in [7, 11) is 0. The van der Waals surface area contributed by atoms with Crippen molar-refractivity contribution in [3.63, 3.8) is 0 Å². The summed E-state index contributed by atoms with van der Waals surface area (Å²) in [5, 5.41) is 0. The Kier molecular flexibility index (Phi) is 4.81. The average Bonchev–Trinajstić information content (AvgIpc) is 3.18. The topological polar surface area (TPSA) is 32.3 Å². The summed E-state index contributed by atoms with van der Waals surface area (Å²) in [4.78, 5) is 15.2. The van der Waals surface area contributed by atoms with Gasteiger partial charge in [0, 0.05) is 22.2 Å². The lowest BCUT2D eigenvalue weighted by Crippen LogP contribution is -2.62. The molecule has 2 aliphatic rings. The Morgan fingerprint density at radius 2 is 1.56 bits per heavy atom. The van der Waals surface area contributed by atoms with Gasteiger partial charge < -0.3 is 9.80 Å².